The summed E-state index contributed by atoms with van der Waals surface area (Å²) in [6.45, 7) is 4.65. The molecule has 3 rings (SSSR count). The van der Waals surface area contributed by atoms with Gasteiger partial charge in [0.1, 0.15) is 4.90 Å². The van der Waals surface area contributed by atoms with Crippen LogP contribution in [0.15, 0.2) is 47.4 Å². The number of hydrogen-bond donors (Lipinski definition) is 1. The molecule has 26 heavy (non-hydrogen) atoms. The number of non-ortho nitro benzene ring substituents is 1. The molecule has 0 radical (unpaired) electrons. The Bertz CT molecular complexity index is 938. The molecule has 0 atom stereocenters. The third kappa shape index (κ3) is 3.78. The lowest BCUT2D eigenvalue weighted by molar-refractivity contribution is -0.385. The van der Waals surface area contributed by atoms with Crippen LogP contribution in [-0.4, -0.2) is 39.5 Å². The summed E-state index contributed by atoms with van der Waals surface area (Å²) in [6, 6.07) is 12.0. The Morgan fingerprint density at radius 2 is 1.69 bits per heavy atom. The molecular formula is C17H20N4O4S. The van der Waals surface area contributed by atoms with Gasteiger partial charge in [-0.05, 0) is 30.7 Å². The standard InChI is InChI=1S/C17H20N4O4S/c1-13-3-2-4-14(11-13)19-7-9-20(10-8-19)16-6-5-15(21(22)23)12-17(16)26(18,24)25/h2-6,11-12H,7-10H2,1H3,(H2,18,24,25). The molecule has 0 unspecified atom stereocenters. The second kappa shape index (κ2) is 6.93. The number of primary sulfonamides is 1. The third-order valence-corrected chi connectivity index (χ3v) is 5.39. The van der Waals surface area contributed by atoms with Gasteiger partial charge in [0.05, 0.1) is 10.6 Å². The number of nitro benzene ring substituents is 1. The number of aryl methyl sites for hydroxylation is 1. The summed E-state index contributed by atoms with van der Waals surface area (Å²) in [6.07, 6.45) is 0. The fourth-order valence-corrected chi connectivity index (χ4v) is 3.91. The van der Waals surface area contributed by atoms with E-state index in [0.29, 0.717) is 31.9 Å². The number of anilines is 2. The zero-order valence-corrected chi connectivity index (χ0v) is 15.1. The molecule has 2 aromatic carbocycles. The predicted octanol–water partition coefficient (Wildman–Crippen LogP) is 1.88. The highest BCUT2D eigenvalue weighted by Gasteiger charge is 2.25. The van der Waals surface area contributed by atoms with Crippen molar-refractivity contribution < 1.29 is 13.3 Å². The van der Waals surface area contributed by atoms with E-state index in [4.69, 9.17) is 5.14 Å². The molecule has 0 aliphatic carbocycles. The van der Waals surface area contributed by atoms with E-state index < -0.39 is 14.9 Å². The summed E-state index contributed by atoms with van der Waals surface area (Å²) in [4.78, 5) is 14.2. The van der Waals surface area contributed by atoms with Crippen LogP contribution in [0, 0.1) is 17.0 Å². The SMILES string of the molecule is Cc1cccc(N2CCN(c3ccc([N+](=O)[O-])cc3S(N)(=O)=O)CC2)c1. The summed E-state index contributed by atoms with van der Waals surface area (Å²) in [5.41, 5.74) is 2.41. The lowest BCUT2D eigenvalue weighted by Crippen LogP contribution is -2.47. The Balaban J connectivity index is 1.84. The van der Waals surface area contributed by atoms with Crippen LogP contribution in [0.4, 0.5) is 17.1 Å². The Morgan fingerprint density at radius 3 is 2.27 bits per heavy atom. The molecule has 9 heteroatoms. The van der Waals surface area contributed by atoms with Crippen molar-refractivity contribution in [2.45, 2.75) is 11.8 Å². The van der Waals surface area contributed by atoms with Crippen molar-refractivity contribution in [3.05, 3.63) is 58.1 Å². The molecule has 1 aliphatic rings. The van der Waals surface area contributed by atoms with Crippen molar-refractivity contribution in [2.75, 3.05) is 36.0 Å². The first-order valence-electron chi connectivity index (χ1n) is 8.13. The molecule has 0 saturated carbocycles. The van der Waals surface area contributed by atoms with Crippen LogP contribution in [-0.2, 0) is 10.0 Å². The highest BCUT2D eigenvalue weighted by molar-refractivity contribution is 7.89. The van der Waals surface area contributed by atoms with Gasteiger partial charge in [0.2, 0.25) is 10.0 Å². The molecule has 0 amide bonds. The molecular weight excluding hydrogens is 356 g/mol. The van der Waals surface area contributed by atoms with E-state index in [9.17, 15) is 18.5 Å². The van der Waals surface area contributed by atoms with Crippen LogP contribution in [0.3, 0.4) is 0 Å². The fourth-order valence-electron chi connectivity index (χ4n) is 3.14. The quantitative estimate of drug-likeness (QED) is 0.644. The van der Waals surface area contributed by atoms with Gasteiger partial charge in [-0.2, -0.15) is 0 Å². The normalized spacial score (nSPS) is 15.2. The molecule has 2 N–H and O–H groups in total. The van der Waals surface area contributed by atoms with E-state index in [0.717, 1.165) is 11.8 Å². The summed E-state index contributed by atoms with van der Waals surface area (Å²) >= 11 is 0. The van der Waals surface area contributed by atoms with Crippen molar-refractivity contribution in [3.63, 3.8) is 0 Å². The Kier molecular flexibility index (Phi) is 4.84. The molecule has 1 fully saturated rings. The van der Waals surface area contributed by atoms with Crippen LogP contribution < -0.4 is 14.9 Å². The molecule has 1 heterocycles. The van der Waals surface area contributed by atoms with Crippen LogP contribution in [0.2, 0.25) is 0 Å². The van der Waals surface area contributed by atoms with Gasteiger partial charge in [-0.3, -0.25) is 10.1 Å². The molecule has 0 aromatic heterocycles. The van der Waals surface area contributed by atoms with Crippen molar-refractivity contribution in [1.82, 2.24) is 0 Å². The smallest absolute Gasteiger partial charge is 0.270 e. The first-order valence-corrected chi connectivity index (χ1v) is 9.68. The van der Waals surface area contributed by atoms with Crippen LogP contribution in [0.25, 0.3) is 0 Å². The highest BCUT2D eigenvalue weighted by atomic mass is 32.2. The maximum atomic E-state index is 11.9. The number of sulfonamides is 1. The monoisotopic (exact) mass is 376 g/mol. The molecule has 8 nitrogen and oxygen atoms in total. The summed E-state index contributed by atoms with van der Waals surface area (Å²) in [5, 5.41) is 16.2. The Labute approximate surface area is 152 Å². The van der Waals surface area contributed by atoms with Crippen LogP contribution >= 0.6 is 0 Å². The van der Waals surface area contributed by atoms with Gasteiger partial charge in [0, 0.05) is 44.0 Å². The Morgan fingerprint density at radius 1 is 1.04 bits per heavy atom. The molecule has 2 aromatic rings. The molecule has 1 aliphatic heterocycles. The molecule has 0 bridgehead atoms. The largest absolute Gasteiger partial charge is 0.368 e. The number of benzene rings is 2. The minimum atomic E-state index is -4.07. The van der Waals surface area contributed by atoms with Crippen molar-refractivity contribution >= 4 is 27.1 Å². The van der Waals surface area contributed by atoms with E-state index >= 15 is 0 Å². The number of nitrogens with two attached hydrogens (primary N) is 1. The van der Waals surface area contributed by atoms with Crippen LogP contribution in [0.1, 0.15) is 5.56 Å². The zero-order valence-electron chi connectivity index (χ0n) is 14.3. The van der Waals surface area contributed by atoms with Gasteiger partial charge in [-0.25, -0.2) is 13.6 Å². The number of nitrogens with zero attached hydrogens (tertiary/aromatic N) is 3. The number of piperazine rings is 1. The summed E-state index contributed by atoms with van der Waals surface area (Å²) in [5.74, 6) is 0. The molecule has 1 saturated heterocycles. The van der Waals surface area contributed by atoms with Gasteiger partial charge in [0.25, 0.3) is 5.69 Å². The fraction of sp³-hybridized carbons (Fsp3) is 0.294. The van der Waals surface area contributed by atoms with Gasteiger partial charge in [-0.15, -0.1) is 0 Å². The van der Waals surface area contributed by atoms with Crippen molar-refractivity contribution in [3.8, 4) is 0 Å². The van der Waals surface area contributed by atoms with Gasteiger partial charge in [-0.1, -0.05) is 12.1 Å². The maximum Gasteiger partial charge on any atom is 0.270 e. The van der Waals surface area contributed by atoms with Gasteiger partial charge < -0.3 is 9.80 Å². The van der Waals surface area contributed by atoms with E-state index in [2.05, 4.69) is 11.0 Å². The lowest BCUT2D eigenvalue weighted by atomic mass is 10.1. The van der Waals surface area contributed by atoms with E-state index in [1.165, 1.54) is 17.7 Å². The maximum absolute atomic E-state index is 11.9. The van der Waals surface area contributed by atoms with Crippen LogP contribution in [0.5, 0.6) is 0 Å². The number of rotatable bonds is 4. The van der Waals surface area contributed by atoms with Gasteiger partial charge >= 0.3 is 0 Å². The first-order chi connectivity index (χ1) is 12.3. The average Bonchev–Trinajstić information content (AvgIpc) is 2.60. The minimum absolute atomic E-state index is 0.212. The summed E-state index contributed by atoms with van der Waals surface area (Å²) in [7, 11) is -4.07. The minimum Gasteiger partial charge on any atom is -0.368 e. The number of nitro groups is 1. The first kappa shape index (κ1) is 18.2. The van der Waals surface area contributed by atoms with E-state index in [1.54, 1.807) is 0 Å². The lowest BCUT2D eigenvalue weighted by Gasteiger charge is -2.38. The zero-order chi connectivity index (χ0) is 18.9. The second-order valence-electron chi connectivity index (χ2n) is 6.27. The predicted molar refractivity (Wildman–Crippen MR) is 100 cm³/mol. The topological polar surface area (TPSA) is 110 Å². The third-order valence-electron chi connectivity index (χ3n) is 4.45. The average molecular weight is 376 g/mol. The summed E-state index contributed by atoms with van der Waals surface area (Å²) < 4.78 is 23.8. The second-order valence-corrected chi connectivity index (χ2v) is 7.80. The van der Waals surface area contributed by atoms with E-state index in [-0.39, 0.29) is 10.6 Å². The van der Waals surface area contributed by atoms with E-state index in [1.807, 2.05) is 30.0 Å². The molecule has 0 spiro atoms. The van der Waals surface area contributed by atoms with Crippen molar-refractivity contribution in [1.29, 1.82) is 0 Å². The number of hydrogen-bond acceptors (Lipinski definition) is 6. The van der Waals surface area contributed by atoms with Gasteiger partial charge in [0.15, 0.2) is 0 Å². The highest BCUT2D eigenvalue weighted by Crippen LogP contribution is 2.30. The van der Waals surface area contributed by atoms with Crippen molar-refractivity contribution in [2.24, 2.45) is 5.14 Å². The molecule has 138 valence electrons. The Hall–Kier alpha value is -2.65.